The van der Waals surface area contributed by atoms with E-state index in [1.54, 1.807) is 4.90 Å². The molecule has 1 aliphatic rings. The zero-order valence-electron chi connectivity index (χ0n) is 7.49. The maximum absolute atomic E-state index is 10.7. The minimum absolute atomic E-state index is 0. The van der Waals surface area contributed by atoms with Crippen LogP contribution in [0.2, 0.25) is 0 Å². The fourth-order valence-electron chi connectivity index (χ4n) is 1.36. The maximum atomic E-state index is 10.7. The molecule has 0 bridgehead atoms. The Kier molecular flexibility index (Phi) is 4.34. The Balaban J connectivity index is 0.00000121. The molecule has 0 aromatic heterocycles. The zero-order valence-corrected chi connectivity index (χ0v) is 8.30. The number of carbonyl (C=O) groups is 1. The number of likely N-dealkylation sites (tertiary alicyclic amines) is 1. The van der Waals surface area contributed by atoms with Crippen molar-refractivity contribution in [2.75, 3.05) is 27.2 Å². The molecular weight excluding hydrogens is 178 g/mol. The Morgan fingerprint density at radius 1 is 1.58 bits per heavy atom. The van der Waals surface area contributed by atoms with E-state index in [0.717, 1.165) is 19.5 Å². The molecule has 1 saturated heterocycles. The van der Waals surface area contributed by atoms with Gasteiger partial charge in [0, 0.05) is 19.1 Å². The standard InChI is InChI=1S/C7H15N3O.ClH/c1-9(2)6-3-4-10(5-6)7(8)11;/h6H,3-5H2,1-2H3,(H2,8,11);1H/t6-;/m1./s1. The minimum atomic E-state index is -0.297. The monoisotopic (exact) mass is 193 g/mol. The number of urea groups is 1. The number of carbonyl (C=O) groups excluding carboxylic acids is 1. The van der Waals surface area contributed by atoms with Crippen LogP contribution in [0.15, 0.2) is 0 Å². The van der Waals surface area contributed by atoms with Gasteiger partial charge in [-0.1, -0.05) is 0 Å². The van der Waals surface area contributed by atoms with Crippen molar-refractivity contribution in [3.8, 4) is 0 Å². The van der Waals surface area contributed by atoms with E-state index in [1.165, 1.54) is 0 Å². The van der Waals surface area contributed by atoms with Crippen LogP contribution < -0.4 is 5.73 Å². The third-order valence-corrected chi connectivity index (χ3v) is 2.21. The molecule has 2 N–H and O–H groups in total. The van der Waals surface area contributed by atoms with E-state index in [9.17, 15) is 4.79 Å². The van der Waals surface area contributed by atoms with Crippen LogP contribution in [0.25, 0.3) is 0 Å². The predicted molar refractivity (Wildman–Crippen MR) is 50.5 cm³/mol. The van der Waals surface area contributed by atoms with Crippen LogP contribution in [-0.2, 0) is 0 Å². The summed E-state index contributed by atoms with van der Waals surface area (Å²) in [5.41, 5.74) is 5.13. The summed E-state index contributed by atoms with van der Waals surface area (Å²) in [5, 5.41) is 0. The summed E-state index contributed by atoms with van der Waals surface area (Å²) < 4.78 is 0. The largest absolute Gasteiger partial charge is 0.351 e. The first-order valence-corrected chi connectivity index (χ1v) is 3.82. The van der Waals surface area contributed by atoms with Gasteiger partial charge in [0.2, 0.25) is 0 Å². The van der Waals surface area contributed by atoms with Gasteiger partial charge in [-0.05, 0) is 20.5 Å². The van der Waals surface area contributed by atoms with Crippen LogP contribution in [0, 0.1) is 0 Å². The van der Waals surface area contributed by atoms with Crippen molar-refractivity contribution in [1.29, 1.82) is 0 Å². The highest BCUT2D eigenvalue weighted by Crippen LogP contribution is 2.11. The number of likely N-dealkylation sites (N-methyl/N-ethyl adjacent to an activating group) is 1. The lowest BCUT2D eigenvalue weighted by molar-refractivity contribution is 0.212. The quantitative estimate of drug-likeness (QED) is 0.644. The maximum Gasteiger partial charge on any atom is 0.314 e. The first kappa shape index (κ1) is 11.5. The molecule has 72 valence electrons. The van der Waals surface area contributed by atoms with Crippen molar-refractivity contribution < 1.29 is 4.79 Å². The summed E-state index contributed by atoms with van der Waals surface area (Å²) in [4.78, 5) is 14.5. The van der Waals surface area contributed by atoms with E-state index in [0.29, 0.717) is 6.04 Å². The number of rotatable bonds is 1. The molecule has 1 aliphatic heterocycles. The fourth-order valence-corrected chi connectivity index (χ4v) is 1.36. The van der Waals surface area contributed by atoms with Crippen LogP contribution in [0.3, 0.4) is 0 Å². The van der Waals surface area contributed by atoms with E-state index in [4.69, 9.17) is 5.73 Å². The summed E-state index contributed by atoms with van der Waals surface area (Å²) >= 11 is 0. The number of hydrogen-bond acceptors (Lipinski definition) is 2. The van der Waals surface area contributed by atoms with Crippen molar-refractivity contribution in [2.45, 2.75) is 12.5 Å². The molecule has 12 heavy (non-hydrogen) atoms. The third kappa shape index (κ3) is 2.53. The van der Waals surface area contributed by atoms with Gasteiger partial charge in [-0.25, -0.2) is 4.79 Å². The van der Waals surface area contributed by atoms with Crippen LogP contribution in [-0.4, -0.2) is 49.1 Å². The average molecular weight is 194 g/mol. The molecule has 0 unspecified atom stereocenters. The Hall–Kier alpha value is -0.480. The normalized spacial score (nSPS) is 22.6. The lowest BCUT2D eigenvalue weighted by atomic mass is 10.2. The van der Waals surface area contributed by atoms with Crippen LogP contribution >= 0.6 is 12.4 Å². The molecule has 2 amide bonds. The van der Waals surface area contributed by atoms with E-state index < -0.39 is 0 Å². The smallest absolute Gasteiger partial charge is 0.314 e. The van der Waals surface area contributed by atoms with Gasteiger partial charge in [0.1, 0.15) is 0 Å². The van der Waals surface area contributed by atoms with Gasteiger partial charge >= 0.3 is 6.03 Å². The lowest BCUT2D eigenvalue weighted by Gasteiger charge is -2.18. The first-order chi connectivity index (χ1) is 5.11. The minimum Gasteiger partial charge on any atom is -0.351 e. The molecule has 4 nitrogen and oxygen atoms in total. The summed E-state index contributed by atoms with van der Waals surface area (Å²) in [7, 11) is 4.05. The number of nitrogens with zero attached hydrogens (tertiary/aromatic N) is 2. The van der Waals surface area contributed by atoms with Crippen LogP contribution in [0.4, 0.5) is 4.79 Å². The Morgan fingerprint density at radius 2 is 2.17 bits per heavy atom. The van der Waals surface area contributed by atoms with Crippen molar-refractivity contribution in [1.82, 2.24) is 9.80 Å². The second-order valence-electron chi connectivity index (χ2n) is 3.19. The van der Waals surface area contributed by atoms with Gasteiger partial charge in [-0.15, -0.1) is 12.4 Å². The van der Waals surface area contributed by atoms with Gasteiger partial charge < -0.3 is 15.5 Å². The van der Waals surface area contributed by atoms with Gasteiger partial charge in [0.05, 0.1) is 0 Å². The highest BCUT2D eigenvalue weighted by molar-refractivity contribution is 5.85. The Morgan fingerprint density at radius 3 is 2.42 bits per heavy atom. The number of halogens is 1. The van der Waals surface area contributed by atoms with Gasteiger partial charge in [0.25, 0.3) is 0 Å². The summed E-state index contributed by atoms with van der Waals surface area (Å²) in [6, 6.07) is 0.192. The molecule has 0 aliphatic carbocycles. The molecule has 1 atom stereocenters. The second-order valence-corrected chi connectivity index (χ2v) is 3.19. The topological polar surface area (TPSA) is 49.6 Å². The summed E-state index contributed by atoms with van der Waals surface area (Å²) in [5.74, 6) is 0. The molecule has 1 rings (SSSR count). The Bertz CT molecular complexity index is 163. The van der Waals surface area contributed by atoms with Crippen molar-refractivity contribution in [3.05, 3.63) is 0 Å². The summed E-state index contributed by atoms with van der Waals surface area (Å²) in [6.45, 7) is 1.58. The molecule has 0 aromatic rings. The molecule has 1 fully saturated rings. The number of nitrogens with two attached hydrogens (primary N) is 1. The van der Waals surface area contributed by atoms with E-state index in [2.05, 4.69) is 4.90 Å². The summed E-state index contributed by atoms with van der Waals surface area (Å²) in [6.07, 6.45) is 1.04. The van der Waals surface area contributed by atoms with E-state index in [-0.39, 0.29) is 18.4 Å². The van der Waals surface area contributed by atoms with Crippen molar-refractivity contribution in [2.24, 2.45) is 5.73 Å². The van der Waals surface area contributed by atoms with Crippen LogP contribution in [0.1, 0.15) is 6.42 Å². The molecule has 5 heteroatoms. The first-order valence-electron chi connectivity index (χ1n) is 3.82. The highest BCUT2D eigenvalue weighted by atomic mass is 35.5. The molecular formula is C7H16ClN3O. The van der Waals surface area contributed by atoms with E-state index >= 15 is 0 Å². The Labute approximate surface area is 79.1 Å². The van der Waals surface area contributed by atoms with Crippen molar-refractivity contribution in [3.63, 3.8) is 0 Å². The number of primary amides is 1. The van der Waals surface area contributed by atoms with Gasteiger partial charge in [-0.2, -0.15) is 0 Å². The number of amides is 2. The van der Waals surface area contributed by atoms with Gasteiger partial charge in [0.15, 0.2) is 0 Å². The molecule has 0 aromatic carbocycles. The van der Waals surface area contributed by atoms with Crippen molar-refractivity contribution >= 4 is 18.4 Å². The predicted octanol–water partition coefficient (Wildman–Crippen LogP) is 0.123. The average Bonchev–Trinajstić information content (AvgIpc) is 2.33. The molecule has 0 radical (unpaired) electrons. The number of hydrogen-bond donors (Lipinski definition) is 1. The molecule has 1 heterocycles. The van der Waals surface area contributed by atoms with E-state index in [1.807, 2.05) is 14.1 Å². The third-order valence-electron chi connectivity index (χ3n) is 2.21. The van der Waals surface area contributed by atoms with Crippen LogP contribution in [0.5, 0.6) is 0 Å². The lowest BCUT2D eigenvalue weighted by Crippen LogP contribution is -2.37. The SMILES string of the molecule is CN(C)[C@@H]1CCN(C(N)=O)C1.Cl. The zero-order chi connectivity index (χ0) is 8.43. The molecule has 0 saturated carbocycles. The molecule has 0 spiro atoms. The highest BCUT2D eigenvalue weighted by Gasteiger charge is 2.25. The second kappa shape index (κ2) is 4.52. The van der Waals surface area contributed by atoms with Gasteiger partial charge in [-0.3, -0.25) is 0 Å². The fraction of sp³-hybridized carbons (Fsp3) is 0.857.